The standard InChI is InChI=1S/C13H13ClN2O3/c1-3-16-13(17)12(14)11(8-15-16)19-10-6-4-9(18-2)5-7-10/h4-8H,3H2,1-2H3. The second kappa shape index (κ2) is 5.75. The lowest BCUT2D eigenvalue weighted by Gasteiger charge is -2.09. The minimum atomic E-state index is -0.366. The zero-order valence-electron chi connectivity index (χ0n) is 10.6. The van der Waals surface area contributed by atoms with Crippen molar-refractivity contribution in [1.82, 2.24) is 9.78 Å². The van der Waals surface area contributed by atoms with Crippen LogP contribution < -0.4 is 15.0 Å². The fraction of sp³-hybridized carbons (Fsp3) is 0.231. The Kier molecular flexibility index (Phi) is 4.06. The van der Waals surface area contributed by atoms with E-state index >= 15 is 0 Å². The Balaban J connectivity index is 2.28. The lowest BCUT2D eigenvalue weighted by atomic mass is 10.3. The maximum atomic E-state index is 11.8. The van der Waals surface area contributed by atoms with E-state index in [1.54, 1.807) is 31.4 Å². The van der Waals surface area contributed by atoms with Crippen molar-refractivity contribution < 1.29 is 9.47 Å². The number of hydrogen-bond donors (Lipinski definition) is 0. The average molecular weight is 281 g/mol. The van der Waals surface area contributed by atoms with Crippen molar-refractivity contribution in [3.8, 4) is 17.2 Å². The van der Waals surface area contributed by atoms with Crippen LogP contribution in [0, 0.1) is 0 Å². The molecule has 0 radical (unpaired) electrons. The quantitative estimate of drug-likeness (QED) is 0.864. The summed E-state index contributed by atoms with van der Waals surface area (Å²) in [7, 11) is 1.58. The molecule has 0 unspecified atom stereocenters. The highest BCUT2D eigenvalue weighted by Crippen LogP contribution is 2.26. The van der Waals surface area contributed by atoms with Crippen LogP contribution in [0.4, 0.5) is 0 Å². The van der Waals surface area contributed by atoms with Gasteiger partial charge in [-0.1, -0.05) is 11.6 Å². The lowest BCUT2D eigenvalue weighted by Crippen LogP contribution is -2.22. The second-order valence-corrected chi connectivity index (χ2v) is 4.10. The van der Waals surface area contributed by atoms with Gasteiger partial charge in [-0.25, -0.2) is 4.68 Å². The Hall–Kier alpha value is -2.01. The van der Waals surface area contributed by atoms with Crippen LogP contribution in [0.1, 0.15) is 6.92 Å². The van der Waals surface area contributed by atoms with Crippen LogP contribution in [0.15, 0.2) is 35.3 Å². The number of hydrogen-bond acceptors (Lipinski definition) is 4. The highest BCUT2D eigenvalue weighted by molar-refractivity contribution is 6.31. The molecule has 0 aliphatic heterocycles. The highest BCUT2D eigenvalue weighted by atomic mass is 35.5. The monoisotopic (exact) mass is 280 g/mol. The van der Waals surface area contributed by atoms with E-state index in [1.807, 2.05) is 6.92 Å². The first-order valence-electron chi connectivity index (χ1n) is 5.73. The van der Waals surface area contributed by atoms with E-state index in [9.17, 15) is 4.79 Å². The summed E-state index contributed by atoms with van der Waals surface area (Å²) >= 11 is 5.96. The summed E-state index contributed by atoms with van der Waals surface area (Å²) in [5.74, 6) is 1.51. The first-order chi connectivity index (χ1) is 9.15. The molecule has 2 aromatic rings. The highest BCUT2D eigenvalue weighted by Gasteiger charge is 2.10. The van der Waals surface area contributed by atoms with Crippen LogP contribution in [0.3, 0.4) is 0 Å². The predicted molar refractivity (Wildman–Crippen MR) is 72.2 cm³/mol. The molecule has 19 heavy (non-hydrogen) atoms. The van der Waals surface area contributed by atoms with Crippen molar-refractivity contribution in [2.75, 3.05) is 7.11 Å². The van der Waals surface area contributed by atoms with Gasteiger partial charge in [0.05, 0.1) is 13.3 Å². The molecule has 0 bridgehead atoms. The molecular formula is C13H13ClN2O3. The molecule has 0 aliphatic rings. The molecule has 0 spiro atoms. The van der Waals surface area contributed by atoms with Crippen molar-refractivity contribution in [1.29, 1.82) is 0 Å². The zero-order valence-corrected chi connectivity index (χ0v) is 11.3. The third kappa shape index (κ3) is 2.88. The predicted octanol–water partition coefficient (Wildman–Crippen LogP) is 2.72. The van der Waals surface area contributed by atoms with E-state index < -0.39 is 0 Å². The number of halogens is 1. The number of aromatic nitrogens is 2. The van der Waals surface area contributed by atoms with Crippen molar-refractivity contribution in [3.63, 3.8) is 0 Å². The fourth-order valence-electron chi connectivity index (χ4n) is 1.52. The zero-order chi connectivity index (χ0) is 13.8. The van der Waals surface area contributed by atoms with Gasteiger partial charge < -0.3 is 9.47 Å². The molecule has 1 aromatic carbocycles. The number of methoxy groups -OCH3 is 1. The van der Waals surface area contributed by atoms with E-state index in [4.69, 9.17) is 21.1 Å². The van der Waals surface area contributed by atoms with Crippen LogP contribution in [0.25, 0.3) is 0 Å². The van der Waals surface area contributed by atoms with E-state index in [0.717, 1.165) is 5.75 Å². The molecule has 2 rings (SSSR count). The molecule has 100 valence electrons. The van der Waals surface area contributed by atoms with Crippen LogP contribution in [0.5, 0.6) is 17.2 Å². The van der Waals surface area contributed by atoms with Gasteiger partial charge in [-0.3, -0.25) is 4.79 Å². The van der Waals surface area contributed by atoms with Gasteiger partial charge in [-0.05, 0) is 31.2 Å². The van der Waals surface area contributed by atoms with Gasteiger partial charge in [-0.15, -0.1) is 0 Å². The number of benzene rings is 1. The topological polar surface area (TPSA) is 53.4 Å². The van der Waals surface area contributed by atoms with Crippen molar-refractivity contribution >= 4 is 11.6 Å². The number of ether oxygens (including phenoxy) is 2. The normalized spacial score (nSPS) is 10.3. The maximum Gasteiger partial charge on any atom is 0.289 e. The van der Waals surface area contributed by atoms with E-state index in [0.29, 0.717) is 12.3 Å². The van der Waals surface area contributed by atoms with E-state index in [2.05, 4.69) is 5.10 Å². The van der Waals surface area contributed by atoms with E-state index in [1.165, 1.54) is 10.9 Å². The Morgan fingerprint density at radius 2 is 1.89 bits per heavy atom. The first kappa shape index (κ1) is 13.4. The largest absolute Gasteiger partial charge is 0.497 e. The molecule has 5 nitrogen and oxygen atoms in total. The third-order valence-corrected chi connectivity index (χ3v) is 2.89. The summed E-state index contributed by atoms with van der Waals surface area (Å²) in [5, 5.41) is 3.98. The Bertz CT molecular complexity index is 623. The van der Waals surface area contributed by atoms with Crippen molar-refractivity contribution in [2.45, 2.75) is 13.5 Å². The third-order valence-electron chi connectivity index (χ3n) is 2.54. The molecule has 0 fully saturated rings. The Labute approximate surface area is 115 Å². The SMILES string of the molecule is CCn1ncc(Oc2ccc(OC)cc2)c(Cl)c1=O. The molecule has 1 aromatic heterocycles. The molecule has 6 heteroatoms. The van der Waals surface area contributed by atoms with Crippen LogP contribution >= 0.6 is 11.6 Å². The molecule has 0 N–H and O–H groups in total. The molecule has 0 atom stereocenters. The minimum absolute atomic E-state index is 0.0210. The first-order valence-corrected chi connectivity index (χ1v) is 6.11. The van der Waals surface area contributed by atoms with Crippen LogP contribution in [-0.2, 0) is 6.54 Å². The minimum Gasteiger partial charge on any atom is -0.497 e. The lowest BCUT2D eigenvalue weighted by molar-refractivity contribution is 0.412. The number of nitrogens with zero attached hydrogens (tertiary/aromatic N) is 2. The Morgan fingerprint density at radius 1 is 1.26 bits per heavy atom. The number of rotatable bonds is 4. The van der Waals surface area contributed by atoms with Gasteiger partial charge in [0.1, 0.15) is 11.5 Å². The molecule has 0 amide bonds. The summed E-state index contributed by atoms with van der Waals surface area (Å²) in [6.07, 6.45) is 1.43. The molecule has 0 saturated heterocycles. The molecule has 0 aliphatic carbocycles. The molecule has 0 saturated carbocycles. The van der Waals surface area contributed by atoms with Crippen LogP contribution in [-0.4, -0.2) is 16.9 Å². The van der Waals surface area contributed by atoms with Gasteiger partial charge >= 0.3 is 0 Å². The number of aryl methyl sites for hydroxylation is 1. The van der Waals surface area contributed by atoms with Gasteiger partial charge in [0.25, 0.3) is 5.56 Å². The van der Waals surface area contributed by atoms with Crippen molar-refractivity contribution in [2.24, 2.45) is 0 Å². The maximum absolute atomic E-state index is 11.8. The summed E-state index contributed by atoms with van der Waals surface area (Å²) in [6.45, 7) is 2.27. The summed E-state index contributed by atoms with van der Waals surface area (Å²) in [6, 6.07) is 6.95. The van der Waals surface area contributed by atoms with Gasteiger partial charge in [0, 0.05) is 6.54 Å². The average Bonchev–Trinajstić information content (AvgIpc) is 2.45. The van der Waals surface area contributed by atoms with Gasteiger partial charge in [0.2, 0.25) is 0 Å². The summed E-state index contributed by atoms with van der Waals surface area (Å²) in [4.78, 5) is 11.8. The van der Waals surface area contributed by atoms with Gasteiger partial charge in [0.15, 0.2) is 10.8 Å². The summed E-state index contributed by atoms with van der Waals surface area (Å²) < 4.78 is 11.8. The summed E-state index contributed by atoms with van der Waals surface area (Å²) in [5.41, 5.74) is -0.366. The fourth-order valence-corrected chi connectivity index (χ4v) is 1.70. The molecule has 1 heterocycles. The Morgan fingerprint density at radius 3 is 2.47 bits per heavy atom. The van der Waals surface area contributed by atoms with Gasteiger partial charge in [-0.2, -0.15) is 5.10 Å². The smallest absolute Gasteiger partial charge is 0.289 e. The second-order valence-electron chi connectivity index (χ2n) is 3.72. The van der Waals surface area contributed by atoms with Crippen LogP contribution in [0.2, 0.25) is 5.02 Å². The van der Waals surface area contributed by atoms with E-state index in [-0.39, 0.29) is 16.3 Å². The van der Waals surface area contributed by atoms with Crippen molar-refractivity contribution in [3.05, 3.63) is 45.8 Å². The molecular weight excluding hydrogens is 268 g/mol.